The summed E-state index contributed by atoms with van der Waals surface area (Å²) in [7, 11) is 0. The number of aromatic amines is 1. The molecule has 2 aromatic carbocycles. The van der Waals surface area contributed by atoms with E-state index in [1.54, 1.807) is 42.5 Å². The Morgan fingerprint density at radius 2 is 1.62 bits per heavy atom. The Balaban J connectivity index is 2.20. The number of fused-ring (bicyclic) bond motifs is 1. The van der Waals surface area contributed by atoms with Gasteiger partial charge >= 0.3 is 5.97 Å². The highest BCUT2D eigenvalue weighted by molar-refractivity contribution is 6.21. The van der Waals surface area contributed by atoms with E-state index in [-0.39, 0.29) is 17.2 Å². The SMILES string of the molecule is O=C(O)C(=C(O)c1ccccc1)c1nc2ccccc2[nH]1. The van der Waals surface area contributed by atoms with Crippen LogP contribution in [-0.4, -0.2) is 26.2 Å². The molecule has 1 heterocycles. The minimum Gasteiger partial charge on any atom is -0.506 e. The molecule has 21 heavy (non-hydrogen) atoms. The number of para-hydroxylation sites is 2. The molecule has 0 radical (unpaired) electrons. The van der Waals surface area contributed by atoms with E-state index in [9.17, 15) is 15.0 Å². The first-order valence-corrected chi connectivity index (χ1v) is 6.34. The number of carbonyl (C=O) groups is 1. The van der Waals surface area contributed by atoms with Gasteiger partial charge in [-0.05, 0) is 12.1 Å². The molecule has 0 fully saturated rings. The van der Waals surface area contributed by atoms with Gasteiger partial charge in [0.1, 0.15) is 17.2 Å². The van der Waals surface area contributed by atoms with Crippen molar-refractivity contribution in [1.82, 2.24) is 9.97 Å². The van der Waals surface area contributed by atoms with Crippen LogP contribution < -0.4 is 0 Å². The van der Waals surface area contributed by atoms with E-state index in [4.69, 9.17) is 0 Å². The fraction of sp³-hybridized carbons (Fsp3) is 0. The first kappa shape index (κ1) is 12.9. The average Bonchev–Trinajstić information content (AvgIpc) is 2.91. The van der Waals surface area contributed by atoms with E-state index in [1.165, 1.54) is 0 Å². The van der Waals surface area contributed by atoms with Crippen LogP contribution in [0.25, 0.3) is 22.4 Å². The van der Waals surface area contributed by atoms with Crippen LogP contribution in [0.4, 0.5) is 0 Å². The van der Waals surface area contributed by atoms with Gasteiger partial charge in [-0.3, -0.25) is 0 Å². The Morgan fingerprint density at radius 1 is 0.952 bits per heavy atom. The molecule has 3 rings (SSSR count). The smallest absolute Gasteiger partial charge is 0.343 e. The van der Waals surface area contributed by atoms with Gasteiger partial charge in [0.05, 0.1) is 11.0 Å². The van der Waals surface area contributed by atoms with Crippen LogP contribution in [0.2, 0.25) is 0 Å². The first-order chi connectivity index (χ1) is 10.2. The maximum Gasteiger partial charge on any atom is 0.343 e. The van der Waals surface area contributed by atoms with Crippen molar-refractivity contribution in [3.8, 4) is 0 Å². The highest BCUT2D eigenvalue weighted by Crippen LogP contribution is 2.24. The Labute approximate surface area is 120 Å². The minimum atomic E-state index is -1.24. The lowest BCUT2D eigenvalue weighted by molar-refractivity contribution is -0.130. The molecule has 0 saturated heterocycles. The van der Waals surface area contributed by atoms with E-state index < -0.39 is 5.97 Å². The Hall–Kier alpha value is -3.08. The minimum absolute atomic E-state index is 0.130. The van der Waals surface area contributed by atoms with Crippen LogP contribution in [-0.2, 0) is 4.79 Å². The van der Waals surface area contributed by atoms with Crippen molar-refractivity contribution >= 4 is 28.3 Å². The lowest BCUT2D eigenvalue weighted by Gasteiger charge is -2.04. The number of benzene rings is 2. The maximum absolute atomic E-state index is 11.5. The third kappa shape index (κ3) is 2.36. The molecular formula is C16H12N2O3. The lowest BCUT2D eigenvalue weighted by atomic mass is 10.1. The summed E-state index contributed by atoms with van der Waals surface area (Å²) in [5, 5.41) is 19.7. The molecule has 0 atom stereocenters. The van der Waals surface area contributed by atoms with Gasteiger partial charge in [0.15, 0.2) is 0 Å². The normalized spacial score (nSPS) is 12.2. The predicted molar refractivity (Wildman–Crippen MR) is 79.6 cm³/mol. The van der Waals surface area contributed by atoms with E-state index in [0.717, 1.165) is 0 Å². The van der Waals surface area contributed by atoms with Crippen LogP contribution in [0, 0.1) is 0 Å². The standard InChI is InChI=1S/C16H12N2O3/c19-14(10-6-2-1-3-7-10)13(16(20)21)15-17-11-8-4-5-9-12(11)18-15/h1-9,19H,(H,17,18)(H,20,21). The Bertz CT molecular complexity index is 802. The largest absolute Gasteiger partial charge is 0.506 e. The molecule has 104 valence electrons. The second-order valence-electron chi connectivity index (χ2n) is 4.50. The number of aliphatic hydroxyl groups is 1. The summed E-state index contributed by atoms with van der Waals surface area (Å²) < 4.78 is 0. The van der Waals surface area contributed by atoms with E-state index in [0.29, 0.717) is 16.6 Å². The van der Waals surface area contributed by atoms with Gasteiger partial charge in [0, 0.05) is 5.56 Å². The first-order valence-electron chi connectivity index (χ1n) is 6.34. The fourth-order valence-electron chi connectivity index (χ4n) is 2.13. The Kier molecular flexibility index (Phi) is 3.16. The van der Waals surface area contributed by atoms with Crippen molar-refractivity contribution in [2.45, 2.75) is 0 Å². The molecule has 0 aliphatic carbocycles. The molecule has 0 aliphatic rings. The monoisotopic (exact) mass is 280 g/mol. The number of carboxylic acid groups (broad SMARTS) is 1. The highest BCUT2D eigenvalue weighted by atomic mass is 16.4. The third-order valence-corrected chi connectivity index (χ3v) is 3.12. The van der Waals surface area contributed by atoms with Gasteiger partial charge in [-0.2, -0.15) is 0 Å². The zero-order valence-electron chi connectivity index (χ0n) is 10.9. The number of rotatable bonds is 3. The molecule has 0 spiro atoms. The predicted octanol–water partition coefficient (Wildman–Crippen LogP) is 3.07. The highest BCUT2D eigenvalue weighted by Gasteiger charge is 2.21. The molecule has 5 nitrogen and oxygen atoms in total. The van der Waals surface area contributed by atoms with Crippen molar-refractivity contribution in [2.24, 2.45) is 0 Å². The van der Waals surface area contributed by atoms with Gasteiger partial charge in [-0.1, -0.05) is 42.5 Å². The second kappa shape index (κ2) is 5.13. The number of nitrogens with zero attached hydrogens (tertiary/aromatic N) is 1. The van der Waals surface area contributed by atoms with Gasteiger partial charge in [0.2, 0.25) is 0 Å². The molecule has 0 unspecified atom stereocenters. The summed E-state index contributed by atoms with van der Waals surface area (Å²) in [4.78, 5) is 18.7. The third-order valence-electron chi connectivity index (χ3n) is 3.12. The van der Waals surface area contributed by atoms with Crippen LogP contribution in [0.5, 0.6) is 0 Å². The van der Waals surface area contributed by atoms with Crippen molar-refractivity contribution in [3.05, 3.63) is 66.0 Å². The van der Waals surface area contributed by atoms with Gasteiger partial charge < -0.3 is 15.2 Å². The van der Waals surface area contributed by atoms with Gasteiger partial charge in [0.25, 0.3) is 0 Å². The number of imidazole rings is 1. The fourth-order valence-corrected chi connectivity index (χ4v) is 2.13. The number of H-pyrrole nitrogens is 1. The number of aliphatic carboxylic acids is 1. The molecule has 0 bridgehead atoms. The van der Waals surface area contributed by atoms with Crippen LogP contribution in [0.15, 0.2) is 54.6 Å². The molecule has 1 aromatic heterocycles. The summed E-state index contributed by atoms with van der Waals surface area (Å²) in [5.74, 6) is -1.43. The number of nitrogens with one attached hydrogen (secondary N) is 1. The van der Waals surface area contributed by atoms with Crippen molar-refractivity contribution in [2.75, 3.05) is 0 Å². The lowest BCUT2D eigenvalue weighted by Crippen LogP contribution is -2.05. The number of aliphatic hydroxyl groups excluding tert-OH is 1. The summed E-state index contributed by atoms with van der Waals surface area (Å²) >= 11 is 0. The quantitative estimate of drug-likeness (QED) is 0.508. The van der Waals surface area contributed by atoms with Gasteiger partial charge in [-0.25, -0.2) is 9.78 Å². The number of hydrogen-bond acceptors (Lipinski definition) is 3. The maximum atomic E-state index is 11.5. The van der Waals surface area contributed by atoms with Crippen LogP contribution >= 0.6 is 0 Å². The van der Waals surface area contributed by atoms with Crippen molar-refractivity contribution < 1.29 is 15.0 Å². The second-order valence-corrected chi connectivity index (χ2v) is 4.50. The number of aromatic nitrogens is 2. The summed E-state index contributed by atoms with van der Waals surface area (Å²) in [5.41, 5.74) is 1.53. The molecule has 0 aliphatic heterocycles. The van der Waals surface area contributed by atoms with Crippen LogP contribution in [0.3, 0.4) is 0 Å². The zero-order valence-corrected chi connectivity index (χ0v) is 10.9. The number of hydrogen-bond donors (Lipinski definition) is 3. The zero-order chi connectivity index (χ0) is 14.8. The van der Waals surface area contributed by atoms with E-state index >= 15 is 0 Å². The molecule has 0 amide bonds. The molecule has 3 aromatic rings. The molecule has 0 saturated carbocycles. The van der Waals surface area contributed by atoms with E-state index in [2.05, 4.69) is 9.97 Å². The van der Waals surface area contributed by atoms with Gasteiger partial charge in [-0.15, -0.1) is 0 Å². The summed E-state index contributed by atoms with van der Waals surface area (Å²) in [6.07, 6.45) is 0. The van der Waals surface area contributed by atoms with Crippen molar-refractivity contribution in [1.29, 1.82) is 0 Å². The van der Waals surface area contributed by atoms with E-state index in [1.807, 2.05) is 12.1 Å². The summed E-state index contributed by atoms with van der Waals surface area (Å²) in [6.45, 7) is 0. The number of carboxylic acids is 1. The molecule has 5 heteroatoms. The molecular weight excluding hydrogens is 268 g/mol. The topological polar surface area (TPSA) is 86.2 Å². The van der Waals surface area contributed by atoms with Crippen LogP contribution in [0.1, 0.15) is 11.4 Å². The summed E-state index contributed by atoms with van der Waals surface area (Å²) in [6, 6.07) is 15.7. The van der Waals surface area contributed by atoms with Crippen molar-refractivity contribution in [3.63, 3.8) is 0 Å². The Morgan fingerprint density at radius 3 is 2.29 bits per heavy atom. The average molecular weight is 280 g/mol. The molecule has 3 N–H and O–H groups in total.